The Hall–Kier alpha value is -2.37. The Bertz CT molecular complexity index is 703. The molecule has 0 atom stereocenters. The second-order valence-electron chi connectivity index (χ2n) is 12.3. The molecular formula is C40H74O6. The second kappa shape index (κ2) is 42.6. The van der Waals surface area contributed by atoms with Gasteiger partial charge in [-0.05, 0) is 19.8 Å². The molecule has 0 aromatic heterocycles. The summed E-state index contributed by atoms with van der Waals surface area (Å²) in [5.74, 6) is -1.54. The number of unbranched alkanes of at least 4 members (excludes halogenated alkanes) is 24. The Kier molecular flexibility index (Phi) is 44.5. The van der Waals surface area contributed by atoms with E-state index in [1.54, 1.807) is 0 Å². The van der Waals surface area contributed by atoms with E-state index in [0.29, 0.717) is 13.2 Å². The molecule has 0 aromatic carbocycles. The van der Waals surface area contributed by atoms with E-state index in [9.17, 15) is 14.4 Å². The van der Waals surface area contributed by atoms with Gasteiger partial charge in [-0.15, -0.1) is 0 Å². The maximum Gasteiger partial charge on any atom is 0.330 e. The van der Waals surface area contributed by atoms with Crippen LogP contribution < -0.4 is 0 Å². The van der Waals surface area contributed by atoms with Crippen LogP contribution in [-0.4, -0.2) is 36.2 Å². The zero-order chi connectivity index (χ0) is 34.9. The maximum absolute atomic E-state index is 10.8. The van der Waals surface area contributed by atoms with Gasteiger partial charge in [0.2, 0.25) is 0 Å². The van der Waals surface area contributed by atoms with Crippen molar-refractivity contribution >= 4 is 17.9 Å². The van der Waals surface area contributed by atoms with Crippen LogP contribution in [0.2, 0.25) is 0 Å². The fraction of sp³-hybridized carbons (Fsp3) is 0.775. The Morgan fingerprint density at radius 2 is 0.674 bits per heavy atom. The molecule has 1 N–H and O–H groups in total. The molecule has 0 rings (SSSR count). The first kappa shape index (κ1) is 48.0. The van der Waals surface area contributed by atoms with E-state index in [0.717, 1.165) is 12.8 Å². The van der Waals surface area contributed by atoms with E-state index in [4.69, 9.17) is 14.6 Å². The van der Waals surface area contributed by atoms with Crippen molar-refractivity contribution in [2.24, 2.45) is 0 Å². The smallest absolute Gasteiger partial charge is 0.330 e. The standard InChI is InChI=1S/C21H40O2.C15H28O2.C4H6O2/c1-3-5-6-7-8-9-10-11-12-13-14-15-16-17-18-19-20-23-21(22)4-2;1-3-5-6-7-8-9-10-11-12-13-14-17-15(16)4-2;1-3(2)4(5)6/h4H,2-3,5-20H2,1H3;4H,2-3,5-14H2,1H3;1H2,2H3,(H,5,6). The van der Waals surface area contributed by atoms with E-state index in [2.05, 4.69) is 33.6 Å². The summed E-state index contributed by atoms with van der Waals surface area (Å²) >= 11 is 0. The van der Waals surface area contributed by atoms with E-state index in [1.165, 1.54) is 173 Å². The molecule has 0 aliphatic rings. The molecule has 0 bridgehead atoms. The lowest BCUT2D eigenvalue weighted by Crippen LogP contribution is -2.01. The van der Waals surface area contributed by atoms with Gasteiger partial charge < -0.3 is 14.6 Å². The van der Waals surface area contributed by atoms with E-state index in [1.807, 2.05) is 0 Å². The van der Waals surface area contributed by atoms with Crippen molar-refractivity contribution in [2.75, 3.05) is 13.2 Å². The Labute approximate surface area is 284 Å². The summed E-state index contributed by atoms with van der Waals surface area (Å²) in [6, 6.07) is 0. The minimum atomic E-state index is -0.935. The van der Waals surface area contributed by atoms with Gasteiger partial charge in [-0.1, -0.05) is 188 Å². The van der Waals surface area contributed by atoms with Crippen LogP contribution in [0.15, 0.2) is 37.5 Å². The molecule has 0 radical (unpaired) electrons. The number of carbonyl (C=O) groups excluding carboxylic acids is 2. The lowest BCUT2D eigenvalue weighted by atomic mass is 10.0. The Morgan fingerprint density at radius 1 is 0.478 bits per heavy atom. The summed E-state index contributed by atoms with van der Waals surface area (Å²) < 4.78 is 9.86. The summed E-state index contributed by atoms with van der Waals surface area (Å²) in [6.07, 6.45) is 37.2. The van der Waals surface area contributed by atoms with Crippen LogP contribution in [0.4, 0.5) is 0 Å². The molecule has 0 spiro atoms. The lowest BCUT2D eigenvalue weighted by molar-refractivity contribution is -0.138. The number of carbonyl (C=O) groups is 3. The first-order chi connectivity index (χ1) is 22.3. The minimum absolute atomic E-state index is 0.176. The first-order valence-corrected chi connectivity index (χ1v) is 18.7. The third-order valence-corrected chi connectivity index (χ3v) is 7.68. The largest absolute Gasteiger partial charge is 0.478 e. The van der Waals surface area contributed by atoms with Crippen LogP contribution in [-0.2, 0) is 23.9 Å². The van der Waals surface area contributed by atoms with E-state index in [-0.39, 0.29) is 17.5 Å². The molecular weight excluding hydrogens is 576 g/mol. The van der Waals surface area contributed by atoms with Gasteiger partial charge in [-0.25, -0.2) is 14.4 Å². The van der Waals surface area contributed by atoms with Crippen LogP contribution in [0.1, 0.15) is 188 Å². The predicted octanol–water partition coefficient (Wildman–Crippen LogP) is 12.3. The number of carboxylic acid groups (broad SMARTS) is 1. The fourth-order valence-corrected chi connectivity index (χ4v) is 4.70. The highest BCUT2D eigenvalue weighted by atomic mass is 16.5. The Balaban J connectivity index is -0.000000702. The molecule has 270 valence electrons. The number of rotatable bonds is 31. The minimum Gasteiger partial charge on any atom is -0.478 e. The van der Waals surface area contributed by atoms with Crippen molar-refractivity contribution in [3.63, 3.8) is 0 Å². The molecule has 0 unspecified atom stereocenters. The van der Waals surface area contributed by atoms with Crippen molar-refractivity contribution in [3.8, 4) is 0 Å². The second-order valence-corrected chi connectivity index (χ2v) is 12.3. The number of carboxylic acids is 1. The first-order valence-electron chi connectivity index (χ1n) is 18.7. The van der Waals surface area contributed by atoms with Gasteiger partial charge in [0.05, 0.1) is 13.2 Å². The lowest BCUT2D eigenvalue weighted by Gasteiger charge is -2.04. The molecule has 0 aromatic rings. The monoisotopic (exact) mass is 651 g/mol. The summed E-state index contributed by atoms with van der Waals surface area (Å²) in [5.41, 5.74) is 0.176. The third-order valence-electron chi connectivity index (χ3n) is 7.68. The quantitative estimate of drug-likeness (QED) is 0.0456. The third kappa shape index (κ3) is 48.5. The van der Waals surface area contributed by atoms with Crippen molar-refractivity contribution in [1.82, 2.24) is 0 Å². The van der Waals surface area contributed by atoms with Crippen molar-refractivity contribution in [3.05, 3.63) is 37.5 Å². The number of hydrogen-bond donors (Lipinski definition) is 1. The summed E-state index contributed by atoms with van der Waals surface area (Å²) in [4.78, 5) is 31.2. The highest BCUT2D eigenvalue weighted by Crippen LogP contribution is 2.14. The fourth-order valence-electron chi connectivity index (χ4n) is 4.70. The maximum atomic E-state index is 10.8. The van der Waals surface area contributed by atoms with Gasteiger partial charge >= 0.3 is 17.9 Å². The molecule has 0 saturated heterocycles. The molecule has 6 heteroatoms. The predicted molar refractivity (Wildman–Crippen MR) is 196 cm³/mol. The van der Waals surface area contributed by atoms with Gasteiger partial charge in [0.25, 0.3) is 0 Å². The van der Waals surface area contributed by atoms with Crippen LogP contribution in [0.3, 0.4) is 0 Å². The van der Waals surface area contributed by atoms with Crippen molar-refractivity contribution in [1.29, 1.82) is 0 Å². The van der Waals surface area contributed by atoms with E-state index < -0.39 is 5.97 Å². The highest BCUT2D eigenvalue weighted by molar-refractivity contribution is 5.84. The molecule has 46 heavy (non-hydrogen) atoms. The van der Waals surface area contributed by atoms with Crippen LogP contribution in [0.25, 0.3) is 0 Å². The highest BCUT2D eigenvalue weighted by Gasteiger charge is 1.98. The molecule has 0 aliphatic heterocycles. The van der Waals surface area contributed by atoms with Gasteiger partial charge in [0.1, 0.15) is 0 Å². The number of ether oxygens (including phenoxy) is 2. The van der Waals surface area contributed by atoms with Crippen LogP contribution >= 0.6 is 0 Å². The Morgan fingerprint density at radius 3 is 0.848 bits per heavy atom. The molecule has 0 heterocycles. The summed E-state index contributed by atoms with van der Waals surface area (Å²) in [5, 5.41) is 7.89. The van der Waals surface area contributed by atoms with Gasteiger partial charge in [-0.3, -0.25) is 0 Å². The average molecular weight is 651 g/mol. The number of aliphatic carboxylic acids is 1. The average Bonchev–Trinajstić information content (AvgIpc) is 3.05. The SMILES string of the molecule is C=C(C)C(=O)O.C=CC(=O)OCCCCCCCCCCCC.C=CC(=O)OCCCCCCCCCCCCCCCCCC. The van der Waals surface area contributed by atoms with Crippen molar-refractivity contribution < 1.29 is 29.0 Å². The molecule has 0 aliphatic carbocycles. The number of esters is 2. The van der Waals surface area contributed by atoms with Crippen LogP contribution in [0.5, 0.6) is 0 Å². The molecule has 6 nitrogen and oxygen atoms in total. The van der Waals surface area contributed by atoms with Crippen molar-refractivity contribution in [2.45, 2.75) is 188 Å². The van der Waals surface area contributed by atoms with Gasteiger partial charge in [0.15, 0.2) is 0 Å². The zero-order valence-corrected chi connectivity index (χ0v) is 30.6. The van der Waals surface area contributed by atoms with Crippen LogP contribution in [0, 0.1) is 0 Å². The normalized spacial score (nSPS) is 10.1. The van der Waals surface area contributed by atoms with Gasteiger partial charge in [0, 0.05) is 17.7 Å². The molecule has 0 amide bonds. The summed E-state index contributed by atoms with van der Waals surface area (Å²) in [6.45, 7) is 17.0. The van der Waals surface area contributed by atoms with E-state index >= 15 is 0 Å². The zero-order valence-electron chi connectivity index (χ0n) is 30.6. The molecule has 0 saturated carbocycles. The topological polar surface area (TPSA) is 89.9 Å². The number of hydrogen-bond acceptors (Lipinski definition) is 5. The molecule has 0 fully saturated rings. The van der Waals surface area contributed by atoms with Gasteiger partial charge in [-0.2, -0.15) is 0 Å². The summed E-state index contributed by atoms with van der Waals surface area (Å²) in [7, 11) is 0.